The van der Waals surface area contributed by atoms with Crippen LogP contribution in [0.4, 0.5) is 0 Å². The molecule has 14 heavy (non-hydrogen) atoms. The number of aromatic nitrogens is 2. The zero-order valence-corrected chi connectivity index (χ0v) is 9.86. The Labute approximate surface area is 88.7 Å². The van der Waals surface area contributed by atoms with Crippen molar-refractivity contribution in [1.82, 2.24) is 9.97 Å². The fourth-order valence-electron chi connectivity index (χ4n) is 0.938. The van der Waals surface area contributed by atoms with Gasteiger partial charge in [-0.25, -0.2) is 4.98 Å². The van der Waals surface area contributed by atoms with Crippen molar-refractivity contribution in [2.24, 2.45) is 0 Å². The van der Waals surface area contributed by atoms with Gasteiger partial charge in [0.25, 0.3) is 5.56 Å². The summed E-state index contributed by atoms with van der Waals surface area (Å²) in [4.78, 5) is 18.7. The molecule has 0 aliphatic heterocycles. The first-order valence-corrected chi connectivity index (χ1v) is 5.38. The van der Waals surface area contributed by atoms with Crippen LogP contribution in [0.25, 0.3) is 0 Å². The average Bonchev–Trinajstić information content (AvgIpc) is 2.14. The lowest BCUT2D eigenvalue weighted by Crippen LogP contribution is -2.13. The van der Waals surface area contributed by atoms with Crippen LogP contribution >= 0.6 is 11.8 Å². The number of hydrogen-bond acceptors (Lipinski definition) is 3. The third kappa shape index (κ3) is 3.38. The summed E-state index contributed by atoms with van der Waals surface area (Å²) >= 11 is 1.29. The molecule has 1 heterocycles. The van der Waals surface area contributed by atoms with E-state index in [1.165, 1.54) is 11.8 Å². The summed E-state index contributed by atoms with van der Waals surface area (Å²) in [7, 11) is 0. The van der Waals surface area contributed by atoms with Crippen molar-refractivity contribution in [3.63, 3.8) is 0 Å². The molecule has 0 amide bonds. The largest absolute Gasteiger partial charge is 0.310 e. The summed E-state index contributed by atoms with van der Waals surface area (Å²) in [6.45, 7) is 11.1. The molecule has 0 radical (unpaired) electrons. The minimum Gasteiger partial charge on any atom is -0.310 e. The van der Waals surface area contributed by atoms with E-state index in [2.05, 4.69) is 16.5 Å². The van der Waals surface area contributed by atoms with Gasteiger partial charge in [0.15, 0.2) is 0 Å². The van der Waals surface area contributed by atoms with E-state index >= 15 is 0 Å². The van der Waals surface area contributed by atoms with Crippen molar-refractivity contribution in [1.29, 1.82) is 0 Å². The number of aryl methyl sites for hydroxylation is 2. The van der Waals surface area contributed by atoms with Crippen molar-refractivity contribution in [2.45, 2.75) is 32.6 Å². The Hall–Kier alpha value is -1.03. The highest BCUT2D eigenvalue weighted by molar-refractivity contribution is 8.02. The standard InChI is InChI=1S/C8H10N2OS.C2H6/c1-4-12-7-5(2)9-6(3)10-8(7)11;1-2/h4H,1H2,2-3H3,(H,9,10,11);1-2H3. The third-order valence-corrected chi connectivity index (χ3v) is 2.25. The number of hydrogen-bond donors (Lipinski definition) is 1. The summed E-state index contributed by atoms with van der Waals surface area (Å²) in [5.74, 6) is 0.644. The third-order valence-electron chi connectivity index (χ3n) is 1.37. The SMILES string of the molecule is C=CSc1c(C)nc(C)[nH]c1=O.CC. The van der Waals surface area contributed by atoms with Gasteiger partial charge in [-0.05, 0) is 19.3 Å². The Bertz CT molecular complexity index is 358. The maximum Gasteiger partial charge on any atom is 0.265 e. The molecule has 0 aromatic carbocycles. The molecule has 4 heteroatoms. The van der Waals surface area contributed by atoms with Gasteiger partial charge in [0.1, 0.15) is 5.82 Å². The van der Waals surface area contributed by atoms with E-state index in [4.69, 9.17) is 0 Å². The smallest absolute Gasteiger partial charge is 0.265 e. The van der Waals surface area contributed by atoms with Crippen molar-refractivity contribution in [3.8, 4) is 0 Å². The summed E-state index contributed by atoms with van der Waals surface area (Å²) in [6.07, 6.45) is 0. The molecule has 3 nitrogen and oxygen atoms in total. The van der Waals surface area contributed by atoms with Crippen LogP contribution in [0.15, 0.2) is 21.7 Å². The van der Waals surface area contributed by atoms with Gasteiger partial charge in [0.05, 0.1) is 10.6 Å². The molecule has 0 saturated heterocycles. The zero-order chi connectivity index (χ0) is 11.1. The summed E-state index contributed by atoms with van der Waals surface area (Å²) in [5.41, 5.74) is 0.658. The fraction of sp³-hybridized carbons (Fsp3) is 0.400. The summed E-state index contributed by atoms with van der Waals surface area (Å²) < 4.78 is 0. The lowest BCUT2D eigenvalue weighted by molar-refractivity contribution is 0.923. The van der Waals surface area contributed by atoms with Crippen LogP contribution in [0.5, 0.6) is 0 Å². The quantitative estimate of drug-likeness (QED) is 0.766. The predicted molar refractivity (Wildman–Crippen MR) is 61.7 cm³/mol. The number of nitrogens with zero attached hydrogens (tertiary/aromatic N) is 1. The van der Waals surface area contributed by atoms with E-state index in [1.54, 1.807) is 12.3 Å². The molecule has 78 valence electrons. The molecule has 0 aliphatic carbocycles. The Kier molecular flexibility index (Phi) is 5.95. The summed E-state index contributed by atoms with van der Waals surface area (Å²) in [6, 6.07) is 0. The van der Waals surface area contributed by atoms with E-state index in [0.717, 1.165) is 5.69 Å². The molecular formula is C10H16N2OS. The molecule has 1 aromatic heterocycles. The molecule has 0 atom stereocenters. The number of nitrogens with one attached hydrogen (secondary N) is 1. The second kappa shape index (κ2) is 6.43. The zero-order valence-electron chi connectivity index (χ0n) is 9.05. The molecule has 1 aromatic rings. The second-order valence-electron chi connectivity index (χ2n) is 2.35. The van der Waals surface area contributed by atoms with Crippen LogP contribution in [0, 0.1) is 13.8 Å². The van der Waals surface area contributed by atoms with Gasteiger partial charge in [-0.3, -0.25) is 4.79 Å². The molecule has 0 unspecified atom stereocenters. The minimum absolute atomic E-state index is 0.0927. The van der Waals surface area contributed by atoms with E-state index in [-0.39, 0.29) is 5.56 Å². The predicted octanol–water partition coefficient (Wildman–Crippen LogP) is 2.65. The van der Waals surface area contributed by atoms with Gasteiger partial charge < -0.3 is 4.98 Å². The van der Waals surface area contributed by atoms with Crippen LogP contribution in [0.1, 0.15) is 25.4 Å². The van der Waals surface area contributed by atoms with Crippen LogP contribution < -0.4 is 5.56 Å². The molecule has 0 saturated carbocycles. The molecule has 0 fully saturated rings. The Morgan fingerprint density at radius 3 is 2.43 bits per heavy atom. The molecular weight excluding hydrogens is 196 g/mol. The van der Waals surface area contributed by atoms with Crippen LogP contribution in [-0.4, -0.2) is 9.97 Å². The van der Waals surface area contributed by atoms with E-state index < -0.39 is 0 Å². The van der Waals surface area contributed by atoms with Gasteiger partial charge in [-0.15, -0.1) is 0 Å². The Balaban J connectivity index is 0.000000791. The monoisotopic (exact) mass is 212 g/mol. The van der Waals surface area contributed by atoms with Crippen molar-refractivity contribution < 1.29 is 0 Å². The van der Waals surface area contributed by atoms with Crippen molar-refractivity contribution >= 4 is 11.8 Å². The van der Waals surface area contributed by atoms with Gasteiger partial charge in [-0.2, -0.15) is 0 Å². The maximum atomic E-state index is 11.3. The first-order chi connectivity index (χ1) is 6.65. The highest BCUT2D eigenvalue weighted by Crippen LogP contribution is 2.15. The number of rotatable bonds is 2. The number of thioether (sulfide) groups is 1. The Morgan fingerprint density at radius 2 is 2.00 bits per heavy atom. The molecule has 1 rings (SSSR count). The lowest BCUT2D eigenvalue weighted by atomic mass is 10.4. The average molecular weight is 212 g/mol. The van der Waals surface area contributed by atoms with Crippen molar-refractivity contribution in [2.75, 3.05) is 0 Å². The van der Waals surface area contributed by atoms with Crippen molar-refractivity contribution in [3.05, 3.63) is 33.9 Å². The van der Waals surface area contributed by atoms with Crippen LogP contribution in [-0.2, 0) is 0 Å². The first-order valence-electron chi connectivity index (χ1n) is 4.50. The van der Waals surface area contributed by atoms with Crippen LogP contribution in [0.2, 0.25) is 0 Å². The lowest BCUT2D eigenvalue weighted by Gasteiger charge is -2.00. The molecule has 0 spiro atoms. The number of aromatic amines is 1. The Morgan fingerprint density at radius 1 is 1.43 bits per heavy atom. The molecule has 1 N–H and O–H groups in total. The highest BCUT2D eigenvalue weighted by atomic mass is 32.2. The van der Waals surface area contributed by atoms with Gasteiger partial charge >= 0.3 is 0 Å². The van der Waals surface area contributed by atoms with Crippen LogP contribution in [0.3, 0.4) is 0 Å². The van der Waals surface area contributed by atoms with Gasteiger partial charge in [0, 0.05) is 0 Å². The second-order valence-corrected chi connectivity index (χ2v) is 3.33. The van der Waals surface area contributed by atoms with Gasteiger partial charge in [-0.1, -0.05) is 32.2 Å². The first kappa shape index (κ1) is 13.0. The van der Waals surface area contributed by atoms with Gasteiger partial charge in [0.2, 0.25) is 0 Å². The van der Waals surface area contributed by atoms with E-state index in [0.29, 0.717) is 10.7 Å². The van der Waals surface area contributed by atoms with E-state index in [9.17, 15) is 4.79 Å². The topological polar surface area (TPSA) is 45.8 Å². The van der Waals surface area contributed by atoms with E-state index in [1.807, 2.05) is 20.8 Å². The fourth-order valence-corrected chi connectivity index (χ4v) is 1.48. The molecule has 0 bridgehead atoms. The maximum absolute atomic E-state index is 11.3. The number of H-pyrrole nitrogens is 1. The highest BCUT2D eigenvalue weighted by Gasteiger charge is 2.04. The normalized spacial score (nSPS) is 8.86. The minimum atomic E-state index is -0.0927. The summed E-state index contributed by atoms with van der Waals surface area (Å²) in [5, 5.41) is 1.62. The molecule has 0 aliphatic rings.